The summed E-state index contributed by atoms with van der Waals surface area (Å²) < 4.78 is 46.1. The first-order chi connectivity index (χ1) is 14.5. The van der Waals surface area contributed by atoms with E-state index in [9.17, 15) is 17.6 Å². The van der Waals surface area contributed by atoms with Crippen molar-refractivity contribution in [3.05, 3.63) is 71.5 Å². The molecule has 0 spiro atoms. The van der Waals surface area contributed by atoms with Gasteiger partial charge in [-0.2, -0.15) is 0 Å². The van der Waals surface area contributed by atoms with Crippen molar-refractivity contribution in [1.82, 2.24) is 9.79 Å². The molecular formula is C21H25FN2O5S. The van der Waals surface area contributed by atoms with Gasteiger partial charge >= 0.3 is 0 Å². The maximum absolute atomic E-state index is 13.0. The molecule has 1 atom stereocenters. The lowest BCUT2D eigenvalue weighted by molar-refractivity contribution is -0.124. The average Bonchev–Trinajstić information content (AvgIpc) is 2.77. The maximum atomic E-state index is 13.0. The van der Waals surface area contributed by atoms with Crippen LogP contribution in [0.1, 0.15) is 30.1 Å². The van der Waals surface area contributed by atoms with Crippen molar-refractivity contribution in [3.8, 4) is 0 Å². The van der Waals surface area contributed by atoms with E-state index in [0.717, 1.165) is 5.56 Å². The zero-order chi connectivity index (χ0) is 21.4. The number of carbonyl (C=O) groups excluding carboxylic acids is 1. The summed E-state index contributed by atoms with van der Waals surface area (Å²) in [5.41, 5.74) is 3.64. The fourth-order valence-electron chi connectivity index (χ4n) is 3.34. The molecule has 1 saturated heterocycles. The average molecular weight is 437 g/mol. The predicted molar refractivity (Wildman–Crippen MR) is 109 cm³/mol. The lowest BCUT2D eigenvalue weighted by atomic mass is 10.1. The lowest BCUT2D eigenvalue weighted by Crippen LogP contribution is -2.43. The van der Waals surface area contributed by atoms with Gasteiger partial charge in [0.05, 0.1) is 18.5 Å². The Bertz CT molecular complexity index is 901. The number of hydrogen-bond acceptors (Lipinski definition) is 5. The van der Waals surface area contributed by atoms with Gasteiger partial charge in [0.2, 0.25) is 16.4 Å². The summed E-state index contributed by atoms with van der Waals surface area (Å²) in [6.45, 7) is 1.05. The normalized spacial score (nSPS) is 16.8. The molecule has 1 aliphatic rings. The van der Waals surface area contributed by atoms with Gasteiger partial charge in [0.1, 0.15) is 11.9 Å². The Morgan fingerprint density at radius 1 is 1.10 bits per heavy atom. The number of hydrogen-bond donors (Lipinski definition) is 1. The van der Waals surface area contributed by atoms with Crippen LogP contribution >= 0.6 is 0 Å². The smallest absolute Gasteiger partial charge is 0.230 e. The Hall–Kier alpha value is -2.33. The van der Waals surface area contributed by atoms with Gasteiger partial charge in [0.25, 0.3) is 0 Å². The number of ether oxygens (including phenoxy) is 1. The second-order valence-corrected chi connectivity index (χ2v) is 9.08. The molecule has 1 N–H and O–H groups in total. The topological polar surface area (TPSA) is 84.9 Å². The standard InChI is InChI=1S/C21H25FN2O5S/c22-19-8-6-17(7-9-19)14-28-20-10-12-24(13-11-20)30(26,27)15-21(29-23-16-25)18-4-2-1-3-5-18/h1-9,16,20-21H,10-15H2,(H,23,25). The van der Waals surface area contributed by atoms with Crippen molar-refractivity contribution in [2.45, 2.75) is 31.7 Å². The van der Waals surface area contributed by atoms with Gasteiger partial charge in [0.15, 0.2) is 0 Å². The monoisotopic (exact) mass is 436 g/mol. The highest BCUT2D eigenvalue weighted by Gasteiger charge is 2.31. The summed E-state index contributed by atoms with van der Waals surface area (Å²) in [6.07, 6.45) is 0.647. The van der Waals surface area contributed by atoms with Crippen LogP contribution in [0.25, 0.3) is 0 Å². The molecule has 1 amide bonds. The minimum Gasteiger partial charge on any atom is -0.373 e. The predicted octanol–water partition coefficient (Wildman–Crippen LogP) is 2.56. The van der Waals surface area contributed by atoms with Crippen molar-refractivity contribution in [3.63, 3.8) is 0 Å². The van der Waals surface area contributed by atoms with Gasteiger partial charge in [-0.25, -0.2) is 22.6 Å². The van der Waals surface area contributed by atoms with Crippen LogP contribution in [-0.2, 0) is 31.0 Å². The van der Waals surface area contributed by atoms with E-state index in [2.05, 4.69) is 5.48 Å². The molecule has 3 rings (SSSR count). The maximum Gasteiger partial charge on any atom is 0.230 e. The number of amides is 1. The molecule has 1 heterocycles. The van der Waals surface area contributed by atoms with Crippen LogP contribution in [0.4, 0.5) is 4.39 Å². The first-order valence-corrected chi connectivity index (χ1v) is 11.3. The van der Waals surface area contributed by atoms with Crippen LogP contribution in [0.3, 0.4) is 0 Å². The molecule has 2 aromatic carbocycles. The lowest BCUT2D eigenvalue weighted by Gasteiger charge is -2.32. The minimum atomic E-state index is -3.60. The van der Waals surface area contributed by atoms with Crippen LogP contribution in [0.5, 0.6) is 0 Å². The van der Waals surface area contributed by atoms with Gasteiger partial charge in [-0.15, -0.1) is 0 Å². The largest absolute Gasteiger partial charge is 0.373 e. The summed E-state index contributed by atoms with van der Waals surface area (Å²) in [6, 6.07) is 15.0. The molecule has 162 valence electrons. The molecule has 2 aromatic rings. The third-order valence-corrected chi connectivity index (χ3v) is 6.86. The van der Waals surface area contributed by atoms with E-state index in [0.29, 0.717) is 44.5 Å². The first kappa shape index (κ1) is 22.4. The second-order valence-electron chi connectivity index (χ2n) is 7.07. The molecule has 1 aliphatic heterocycles. The Morgan fingerprint density at radius 2 is 1.77 bits per heavy atom. The van der Waals surface area contributed by atoms with Crippen LogP contribution in [0, 0.1) is 5.82 Å². The molecule has 0 saturated carbocycles. The number of sulfonamides is 1. The zero-order valence-electron chi connectivity index (χ0n) is 16.4. The van der Waals surface area contributed by atoms with E-state index < -0.39 is 16.1 Å². The minimum absolute atomic E-state index is 0.0561. The van der Waals surface area contributed by atoms with E-state index >= 15 is 0 Å². The van der Waals surface area contributed by atoms with Gasteiger partial charge in [-0.05, 0) is 36.1 Å². The molecule has 0 radical (unpaired) electrons. The molecule has 7 nitrogen and oxygen atoms in total. The summed E-state index contributed by atoms with van der Waals surface area (Å²) in [4.78, 5) is 15.8. The highest BCUT2D eigenvalue weighted by atomic mass is 32.2. The molecule has 30 heavy (non-hydrogen) atoms. The molecule has 0 bridgehead atoms. The van der Waals surface area contributed by atoms with Gasteiger partial charge < -0.3 is 4.74 Å². The van der Waals surface area contributed by atoms with Gasteiger partial charge in [0, 0.05) is 13.1 Å². The quantitative estimate of drug-likeness (QED) is 0.457. The number of piperidine rings is 1. The Labute approximate surface area is 175 Å². The number of rotatable bonds is 10. The molecule has 1 fully saturated rings. The summed E-state index contributed by atoms with van der Waals surface area (Å²) in [5.74, 6) is -0.572. The number of benzene rings is 2. The number of halogens is 1. The van der Waals surface area contributed by atoms with E-state index in [4.69, 9.17) is 9.57 Å². The van der Waals surface area contributed by atoms with Crippen molar-refractivity contribution in [2.24, 2.45) is 0 Å². The fraction of sp³-hybridized carbons (Fsp3) is 0.381. The third-order valence-electron chi connectivity index (χ3n) is 4.99. The fourth-order valence-corrected chi connectivity index (χ4v) is 4.97. The van der Waals surface area contributed by atoms with E-state index in [1.54, 1.807) is 36.4 Å². The van der Waals surface area contributed by atoms with Crippen LogP contribution in [0.15, 0.2) is 54.6 Å². The zero-order valence-corrected chi connectivity index (χ0v) is 17.3. The SMILES string of the molecule is O=CNOC(CS(=O)(=O)N1CCC(OCc2ccc(F)cc2)CC1)c1ccccc1. The van der Waals surface area contributed by atoms with Crippen molar-refractivity contribution in [2.75, 3.05) is 18.8 Å². The Kier molecular flexibility index (Phi) is 7.92. The molecule has 9 heteroatoms. The Balaban J connectivity index is 1.53. The van der Waals surface area contributed by atoms with Gasteiger partial charge in [-0.3, -0.25) is 9.63 Å². The molecular weight excluding hydrogens is 411 g/mol. The second kappa shape index (κ2) is 10.6. The highest BCUT2D eigenvalue weighted by molar-refractivity contribution is 7.89. The van der Waals surface area contributed by atoms with Crippen molar-refractivity contribution in [1.29, 1.82) is 0 Å². The van der Waals surface area contributed by atoms with E-state index in [1.165, 1.54) is 16.4 Å². The number of carbonyl (C=O) groups is 1. The van der Waals surface area contributed by atoms with Crippen LogP contribution < -0.4 is 5.48 Å². The number of nitrogens with zero attached hydrogens (tertiary/aromatic N) is 1. The highest BCUT2D eigenvalue weighted by Crippen LogP contribution is 2.23. The molecule has 1 unspecified atom stereocenters. The summed E-state index contributed by atoms with van der Waals surface area (Å²) in [7, 11) is -3.60. The van der Waals surface area contributed by atoms with Crippen molar-refractivity contribution < 1.29 is 27.2 Å². The molecule has 0 aromatic heterocycles. The first-order valence-electron chi connectivity index (χ1n) is 9.71. The summed E-state index contributed by atoms with van der Waals surface area (Å²) in [5, 5.41) is 0. The molecule has 0 aliphatic carbocycles. The van der Waals surface area contributed by atoms with E-state index in [1.807, 2.05) is 6.07 Å². The number of hydroxylamine groups is 1. The van der Waals surface area contributed by atoms with E-state index in [-0.39, 0.29) is 17.7 Å². The third kappa shape index (κ3) is 6.33. The summed E-state index contributed by atoms with van der Waals surface area (Å²) >= 11 is 0. The van der Waals surface area contributed by atoms with Crippen LogP contribution in [0.2, 0.25) is 0 Å². The van der Waals surface area contributed by atoms with Gasteiger partial charge in [-0.1, -0.05) is 42.5 Å². The Morgan fingerprint density at radius 3 is 2.40 bits per heavy atom. The van der Waals surface area contributed by atoms with Crippen LogP contribution in [-0.4, -0.2) is 44.1 Å². The number of nitrogens with one attached hydrogen (secondary N) is 1. The van der Waals surface area contributed by atoms with Crippen molar-refractivity contribution >= 4 is 16.4 Å².